The molecule has 0 unspecified atom stereocenters. The average molecular weight is 271 g/mol. The van der Waals surface area contributed by atoms with Crippen LogP contribution in [0.4, 0.5) is 5.82 Å². The van der Waals surface area contributed by atoms with E-state index in [1.807, 2.05) is 32.2 Å². The Morgan fingerprint density at radius 2 is 1.80 bits per heavy atom. The molecule has 0 bridgehead atoms. The smallest absolute Gasteiger partial charge is 0.224 e. The van der Waals surface area contributed by atoms with Gasteiger partial charge in [0.25, 0.3) is 0 Å². The highest BCUT2D eigenvalue weighted by molar-refractivity contribution is 5.43. The number of anilines is 1. The van der Waals surface area contributed by atoms with Gasteiger partial charge in [0.05, 0.1) is 0 Å². The Labute approximate surface area is 120 Å². The topological polar surface area (TPSA) is 47.0 Å². The molecule has 1 aromatic heterocycles. The molecule has 2 rings (SSSR count). The second kappa shape index (κ2) is 5.49. The first-order chi connectivity index (χ1) is 9.40. The van der Waals surface area contributed by atoms with Crippen LogP contribution in [0.5, 0.6) is 11.6 Å². The standard InChI is InChI=1S/C16H21N3O/c1-11-18-14(17-5)10-15(19-11)20-13-9-7-6-8-12(13)16(2,3)4/h6-10H,1-5H3,(H,17,18,19). The molecule has 0 amide bonds. The Morgan fingerprint density at radius 3 is 2.45 bits per heavy atom. The summed E-state index contributed by atoms with van der Waals surface area (Å²) >= 11 is 0. The number of hydrogen-bond acceptors (Lipinski definition) is 4. The summed E-state index contributed by atoms with van der Waals surface area (Å²) in [5.41, 5.74) is 1.17. The minimum absolute atomic E-state index is 0.0184. The molecular formula is C16H21N3O. The molecular weight excluding hydrogens is 250 g/mol. The maximum absolute atomic E-state index is 5.97. The number of aryl methyl sites for hydroxylation is 1. The van der Waals surface area contributed by atoms with Crippen LogP contribution in [0.2, 0.25) is 0 Å². The first-order valence-electron chi connectivity index (χ1n) is 6.71. The van der Waals surface area contributed by atoms with E-state index in [4.69, 9.17) is 4.74 Å². The zero-order valence-electron chi connectivity index (χ0n) is 12.7. The molecule has 0 saturated carbocycles. The van der Waals surface area contributed by atoms with Gasteiger partial charge >= 0.3 is 0 Å². The second-order valence-electron chi connectivity index (χ2n) is 5.74. The Kier molecular flexibility index (Phi) is 3.93. The third-order valence-electron chi connectivity index (χ3n) is 2.98. The molecule has 2 aromatic rings. The molecule has 1 heterocycles. The van der Waals surface area contributed by atoms with Crippen LogP contribution in [0.15, 0.2) is 30.3 Å². The molecule has 1 aromatic carbocycles. The van der Waals surface area contributed by atoms with Crippen LogP contribution in [0.1, 0.15) is 32.2 Å². The molecule has 0 radical (unpaired) electrons. The minimum atomic E-state index is 0.0184. The largest absolute Gasteiger partial charge is 0.439 e. The van der Waals surface area contributed by atoms with E-state index in [1.54, 1.807) is 6.07 Å². The average Bonchev–Trinajstić information content (AvgIpc) is 2.37. The van der Waals surface area contributed by atoms with Gasteiger partial charge in [-0.2, -0.15) is 4.98 Å². The van der Waals surface area contributed by atoms with E-state index in [1.165, 1.54) is 0 Å². The summed E-state index contributed by atoms with van der Waals surface area (Å²) in [5.74, 6) is 2.82. The van der Waals surface area contributed by atoms with E-state index >= 15 is 0 Å². The van der Waals surface area contributed by atoms with Crippen LogP contribution in [0.25, 0.3) is 0 Å². The van der Waals surface area contributed by atoms with Gasteiger partial charge in [0.2, 0.25) is 5.88 Å². The van der Waals surface area contributed by atoms with E-state index < -0.39 is 0 Å². The highest BCUT2D eigenvalue weighted by atomic mass is 16.5. The molecule has 0 aliphatic rings. The van der Waals surface area contributed by atoms with Gasteiger partial charge in [-0.15, -0.1) is 0 Å². The Morgan fingerprint density at radius 1 is 1.10 bits per heavy atom. The van der Waals surface area contributed by atoms with Gasteiger partial charge in [-0.1, -0.05) is 39.0 Å². The summed E-state index contributed by atoms with van der Waals surface area (Å²) in [6, 6.07) is 9.85. The van der Waals surface area contributed by atoms with Crippen molar-refractivity contribution in [2.75, 3.05) is 12.4 Å². The van der Waals surface area contributed by atoms with Crippen molar-refractivity contribution in [3.8, 4) is 11.6 Å². The van der Waals surface area contributed by atoms with Gasteiger partial charge in [0, 0.05) is 18.7 Å². The van der Waals surface area contributed by atoms with Gasteiger partial charge < -0.3 is 10.1 Å². The Balaban J connectivity index is 2.38. The van der Waals surface area contributed by atoms with Crippen molar-refractivity contribution in [1.29, 1.82) is 0 Å². The SMILES string of the molecule is CNc1cc(Oc2ccccc2C(C)(C)C)nc(C)n1. The fourth-order valence-corrected chi connectivity index (χ4v) is 2.01. The summed E-state index contributed by atoms with van der Waals surface area (Å²) in [6.07, 6.45) is 0. The maximum atomic E-state index is 5.97. The molecule has 0 fully saturated rings. The van der Waals surface area contributed by atoms with E-state index in [9.17, 15) is 0 Å². The number of nitrogens with zero attached hydrogens (tertiary/aromatic N) is 2. The first kappa shape index (κ1) is 14.3. The van der Waals surface area contributed by atoms with Crippen LogP contribution < -0.4 is 10.1 Å². The molecule has 0 atom stereocenters. The first-order valence-corrected chi connectivity index (χ1v) is 6.71. The Bertz CT molecular complexity index is 603. The van der Waals surface area contributed by atoms with Gasteiger partial charge in [-0.25, -0.2) is 4.98 Å². The van der Waals surface area contributed by atoms with Crippen molar-refractivity contribution in [2.24, 2.45) is 0 Å². The maximum Gasteiger partial charge on any atom is 0.224 e. The summed E-state index contributed by atoms with van der Waals surface area (Å²) in [5, 5.41) is 3.01. The predicted octanol–water partition coefficient (Wildman–Crippen LogP) is 3.92. The van der Waals surface area contributed by atoms with Crippen LogP contribution in [-0.2, 0) is 5.41 Å². The molecule has 106 valence electrons. The highest BCUT2D eigenvalue weighted by Gasteiger charge is 2.19. The number of hydrogen-bond donors (Lipinski definition) is 1. The summed E-state index contributed by atoms with van der Waals surface area (Å²) < 4.78 is 5.97. The van der Waals surface area contributed by atoms with Gasteiger partial charge in [-0.3, -0.25) is 0 Å². The van der Waals surface area contributed by atoms with E-state index in [-0.39, 0.29) is 5.41 Å². The van der Waals surface area contributed by atoms with Crippen molar-refractivity contribution >= 4 is 5.82 Å². The molecule has 0 spiro atoms. The minimum Gasteiger partial charge on any atom is -0.439 e. The van der Waals surface area contributed by atoms with Crippen molar-refractivity contribution in [3.05, 3.63) is 41.7 Å². The molecule has 1 N–H and O–H groups in total. The lowest BCUT2D eigenvalue weighted by molar-refractivity contribution is 0.438. The monoisotopic (exact) mass is 271 g/mol. The van der Waals surface area contributed by atoms with Crippen LogP contribution in [0, 0.1) is 6.92 Å². The summed E-state index contributed by atoms with van der Waals surface area (Å²) in [6.45, 7) is 8.35. The third-order valence-corrected chi connectivity index (χ3v) is 2.98. The quantitative estimate of drug-likeness (QED) is 0.919. The lowest BCUT2D eigenvalue weighted by atomic mass is 9.86. The lowest BCUT2D eigenvalue weighted by Crippen LogP contribution is -2.12. The predicted molar refractivity (Wildman–Crippen MR) is 81.5 cm³/mol. The molecule has 0 aliphatic heterocycles. The molecule has 0 saturated heterocycles. The second-order valence-corrected chi connectivity index (χ2v) is 5.74. The van der Waals surface area contributed by atoms with E-state index in [2.05, 4.69) is 42.1 Å². The molecule has 20 heavy (non-hydrogen) atoms. The fourth-order valence-electron chi connectivity index (χ4n) is 2.01. The summed E-state index contributed by atoms with van der Waals surface area (Å²) in [7, 11) is 1.83. The van der Waals surface area contributed by atoms with Gasteiger partial charge in [-0.05, 0) is 18.4 Å². The summed E-state index contributed by atoms with van der Waals surface area (Å²) in [4.78, 5) is 8.59. The zero-order chi connectivity index (χ0) is 14.8. The van der Waals surface area contributed by atoms with Crippen LogP contribution in [0.3, 0.4) is 0 Å². The number of benzene rings is 1. The van der Waals surface area contributed by atoms with Crippen molar-refractivity contribution in [3.63, 3.8) is 0 Å². The van der Waals surface area contributed by atoms with Gasteiger partial charge in [0.15, 0.2) is 0 Å². The number of rotatable bonds is 3. The number of para-hydroxylation sites is 1. The lowest BCUT2D eigenvalue weighted by Gasteiger charge is -2.22. The zero-order valence-corrected chi connectivity index (χ0v) is 12.7. The van der Waals surface area contributed by atoms with Crippen molar-refractivity contribution in [1.82, 2.24) is 9.97 Å². The number of aromatic nitrogens is 2. The van der Waals surface area contributed by atoms with Crippen LogP contribution >= 0.6 is 0 Å². The normalized spacial score (nSPS) is 11.2. The van der Waals surface area contributed by atoms with Crippen molar-refractivity contribution < 1.29 is 4.74 Å². The van der Waals surface area contributed by atoms with Crippen LogP contribution in [-0.4, -0.2) is 17.0 Å². The number of ether oxygens (including phenoxy) is 1. The molecule has 0 aliphatic carbocycles. The molecule has 4 heteroatoms. The highest BCUT2D eigenvalue weighted by Crippen LogP contribution is 2.33. The van der Waals surface area contributed by atoms with E-state index in [0.717, 1.165) is 17.1 Å². The third kappa shape index (κ3) is 3.26. The Hall–Kier alpha value is -2.10. The fraction of sp³-hybridized carbons (Fsp3) is 0.375. The van der Waals surface area contributed by atoms with Crippen molar-refractivity contribution in [2.45, 2.75) is 33.1 Å². The van der Waals surface area contributed by atoms with Gasteiger partial charge in [0.1, 0.15) is 17.4 Å². The number of nitrogens with one attached hydrogen (secondary N) is 1. The molecule has 4 nitrogen and oxygen atoms in total. The van der Waals surface area contributed by atoms with E-state index in [0.29, 0.717) is 11.7 Å².